The molecule has 0 amide bonds. The van der Waals surface area contributed by atoms with Crippen LogP contribution in [0.4, 0.5) is 0 Å². The Bertz CT molecular complexity index is 493. The molecule has 0 N–H and O–H groups in total. The minimum absolute atomic E-state index is 0.517. The summed E-state index contributed by atoms with van der Waals surface area (Å²) in [5, 5.41) is 0. The van der Waals surface area contributed by atoms with E-state index in [1.807, 2.05) is 0 Å². The molecule has 1 aromatic rings. The quantitative estimate of drug-likeness (QED) is 0.531. The third-order valence-electron chi connectivity index (χ3n) is 6.67. The molecule has 1 fully saturated rings. The molecule has 23 heavy (non-hydrogen) atoms. The third kappa shape index (κ3) is 3.83. The van der Waals surface area contributed by atoms with Gasteiger partial charge in [0.25, 0.3) is 0 Å². The van der Waals surface area contributed by atoms with Gasteiger partial charge in [-0.1, -0.05) is 77.0 Å². The predicted octanol–water partition coefficient (Wildman–Crippen LogP) is 6.98. The molecule has 0 spiro atoms. The van der Waals surface area contributed by atoms with Crippen molar-refractivity contribution < 1.29 is 0 Å². The van der Waals surface area contributed by atoms with Crippen molar-refractivity contribution in [1.82, 2.24) is 0 Å². The second-order valence-electron chi connectivity index (χ2n) is 8.33. The SMILES string of the molecule is CCCCC1(c2ccc3c(c2)CCC(CCC)C3)CCCCC1. The summed E-state index contributed by atoms with van der Waals surface area (Å²) >= 11 is 0. The Labute approximate surface area is 144 Å². The normalized spacial score (nSPS) is 23.5. The zero-order valence-corrected chi connectivity index (χ0v) is 15.5. The number of aryl methyl sites for hydroxylation is 1. The van der Waals surface area contributed by atoms with Crippen molar-refractivity contribution in [2.45, 2.75) is 103 Å². The lowest BCUT2D eigenvalue weighted by atomic mass is 9.66. The topological polar surface area (TPSA) is 0 Å². The lowest BCUT2D eigenvalue weighted by molar-refractivity contribution is 0.267. The monoisotopic (exact) mass is 312 g/mol. The molecule has 0 nitrogen and oxygen atoms in total. The van der Waals surface area contributed by atoms with E-state index in [0.717, 1.165) is 5.92 Å². The molecule has 0 saturated heterocycles. The van der Waals surface area contributed by atoms with Gasteiger partial charge in [-0.25, -0.2) is 0 Å². The Morgan fingerprint density at radius 2 is 1.83 bits per heavy atom. The Morgan fingerprint density at radius 3 is 2.57 bits per heavy atom. The molecule has 128 valence electrons. The van der Waals surface area contributed by atoms with Crippen molar-refractivity contribution in [3.05, 3.63) is 34.9 Å². The smallest absolute Gasteiger partial charge is 0.00469 e. The van der Waals surface area contributed by atoms with E-state index >= 15 is 0 Å². The second-order valence-corrected chi connectivity index (χ2v) is 8.33. The van der Waals surface area contributed by atoms with Crippen LogP contribution >= 0.6 is 0 Å². The molecule has 2 aliphatic carbocycles. The molecule has 3 rings (SSSR count). The molecule has 0 aromatic heterocycles. The summed E-state index contributed by atoms with van der Waals surface area (Å²) in [4.78, 5) is 0. The fraction of sp³-hybridized carbons (Fsp3) is 0.739. The maximum absolute atomic E-state index is 2.64. The van der Waals surface area contributed by atoms with Crippen molar-refractivity contribution in [3.63, 3.8) is 0 Å². The molecule has 2 aliphatic rings. The number of rotatable bonds is 6. The van der Waals surface area contributed by atoms with Gasteiger partial charge in [-0.05, 0) is 66.5 Å². The number of hydrogen-bond acceptors (Lipinski definition) is 0. The van der Waals surface area contributed by atoms with Crippen LogP contribution in [0.5, 0.6) is 0 Å². The van der Waals surface area contributed by atoms with Crippen molar-refractivity contribution >= 4 is 0 Å². The van der Waals surface area contributed by atoms with Gasteiger partial charge in [-0.2, -0.15) is 0 Å². The highest BCUT2D eigenvalue weighted by Gasteiger charge is 2.33. The molecule has 1 saturated carbocycles. The van der Waals surface area contributed by atoms with Crippen LogP contribution in [0.15, 0.2) is 18.2 Å². The summed E-state index contributed by atoms with van der Waals surface area (Å²) < 4.78 is 0. The second kappa shape index (κ2) is 7.86. The van der Waals surface area contributed by atoms with Crippen LogP contribution in [-0.2, 0) is 18.3 Å². The highest BCUT2D eigenvalue weighted by Crippen LogP contribution is 2.44. The molecular weight excluding hydrogens is 276 g/mol. The largest absolute Gasteiger partial charge is 0.0654 e. The molecule has 0 bridgehead atoms. The van der Waals surface area contributed by atoms with Crippen molar-refractivity contribution in [3.8, 4) is 0 Å². The lowest BCUT2D eigenvalue weighted by Crippen LogP contribution is -2.29. The van der Waals surface area contributed by atoms with Gasteiger partial charge in [0.1, 0.15) is 0 Å². The first-order chi connectivity index (χ1) is 11.3. The molecule has 1 aromatic carbocycles. The van der Waals surface area contributed by atoms with Crippen LogP contribution in [0.2, 0.25) is 0 Å². The highest BCUT2D eigenvalue weighted by molar-refractivity contribution is 5.38. The molecule has 0 radical (unpaired) electrons. The van der Waals surface area contributed by atoms with E-state index in [9.17, 15) is 0 Å². The minimum Gasteiger partial charge on any atom is -0.0654 e. The van der Waals surface area contributed by atoms with Gasteiger partial charge in [0.05, 0.1) is 0 Å². The fourth-order valence-electron chi connectivity index (χ4n) is 5.24. The Hall–Kier alpha value is -0.780. The first kappa shape index (κ1) is 17.1. The van der Waals surface area contributed by atoms with Crippen molar-refractivity contribution in [2.24, 2.45) is 5.92 Å². The fourth-order valence-corrected chi connectivity index (χ4v) is 5.24. The number of hydrogen-bond donors (Lipinski definition) is 0. The van der Waals surface area contributed by atoms with Gasteiger partial charge in [0.2, 0.25) is 0 Å². The van der Waals surface area contributed by atoms with Gasteiger partial charge in [0, 0.05) is 0 Å². The lowest BCUT2D eigenvalue weighted by Gasteiger charge is -2.39. The Balaban J connectivity index is 1.81. The van der Waals surface area contributed by atoms with Crippen LogP contribution in [0, 0.1) is 5.92 Å². The van der Waals surface area contributed by atoms with E-state index in [1.165, 1.54) is 83.5 Å². The molecule has 1 unspecified atom stereocenters. The van der Waals surface area contributed by atoms with E-state index in [1.54, 1.807) is 16.7 Å². The molecule has 1 atom stereocenters. The maximum atomic E-state index is 2.64. The summed E-state index contributed by atoms with van der Waals surface area (Å²) in [7, 11) is 0. The number of unbranched alkanes of at least 4 members (excludes halogenated alkanes) is 1. The average molecular weight is 313 g/mol. The molecule has 0 heterocycles. The van der Waals surface area contributed by atoms with Crippen LogP contribution in [0.1, 0.15) is 101 Å². The zero-order valence-electron chi connectivity index (χ0n) is 15.5. The molecule has 0 aliphatic heterocycles. The zero-order chi connectivity index (χ0) is 16.1. The highest BCUT2D eigenvalue weighted by atomic mass is 14.4. The van der Waals surface area contributed by atoms with Gasteiger partial charge >= 0.3 is 0 Å². The Morgan fingerprint density at radius 1 is 1.00 bits per heavy atom. The Kier molecular flexibility index (Phi) is 5.83. The first-order valence-electron chi connectivity index (χ1n) is 10.4. The van der Waals surface area contributed by atoms with E-state index in [2.05, 4.69) is 32.0 Å². The van der Waals surface area contributed by atoms with E-state index in [4.69, 9.17) is 0 Å². The van der Waals surface area contributed by atoms with E-state index < -0.39 is 0 Å². The van der Waals surface area contributed by atoms with Gasteiger partial charge < -0.3 is 0 Å². The van der Waals surface area contributed by atoms with Crippen molar-refractivity contribution in [2.75, 3.05) is 0 Å². The first-order valence-corrected chi connectivity index (χ1v) is 10.4. The van der Waals surface area contributed by atoms with Crippen LogP contribution in [0.25, 0.3) is 0 Å². The maximum Gasteiger partial charge on any atom is -0.00469 e. The van der Waals surface area contributed by atoms with E-state index in [0.29, 0.717) is 5.41 Å². The summed E-state index contributed by atoms with van der Waals surface area (Å²) in [5.74, 6) is 0.946. The summed E-state index contributed by atoms with van der Waals surface area (Å²) in [6.45, 7) is 4.68. The third-order valence-corrected chi connectivity index (χ3v) is 6.67. The average Bonchev–Trinajstić information content (AvgIpc) is 2.60. The van der Waals surface area contributed by atoms with Gasteiger partial charge in [-0.15, -0.1) is 0 Å². The van der Waals surface area contributed by atoms with E-state index in [-0.39, 0.29) is 0 Å². The van der Waals surface area contributed by atoms with Crippen LogP contribution in [0.3, 0.4) is 0 Å². The number of benzene rings is 1. The molecular formula is C23H36. The standard InChI is InChI=1S/C23H36/c1-3-5-14-23(15-7-6-8-16-23)22-13-12-20-17-19(9-4-2)10-11-21(20)18-22/h12-13,18-19H,3-11,14-17H2,1-2H3. The summed E-state index contributed by atoms with van der Waals surface area (Å²) in [6, 6.07) is 7.67. The van der Waals surface area contributed by atoms with Gasteiger partial charge in [-0.3, -0.25) is 0 Å². The van der Waals surface area contributed by atoms with Crippen LogP contribution in [-0.4, -0.2) is 0 Å². The predicted molar refractivity (Wildman–Crippen MR) is 101 cm³/mol. The number of fused-ring (bicyclic) bond motifs is 1. The van der Waals surface area contributed by atoms with Crippen molar-refractivity contribution in [1.29, 1.82) is 0 Å². The summed E-state index contributed by atoms with van der Waals surface area (Å²) in [6.07, 6.45) is 18.2. The molecule has 0 heteroatoms. The van der Waals surface area contributed by atoms with Crippen LogP contribution < -0.4 is 0 Å². The van der Waals surface area contributed by atoms with Gasteiger partial charge in [0.15, 0.2) is 0 Å². The minimum atomic E-state index is 0.517. The summed E-state index contributed by atoms with van der Waals surface area (Å²) in [5.41, 5.74) is 5.57.